The average Bonchev–Trinajstić information content (AvgIpc) is 3.50. The summed E-state index contributed by atoms with van der Waals surface area (Å²) >= 11 is 6.73. The smallest absolute Gasteiger partial charge is 0.325 e. The standard InChI is InChI=1S/C42H30ClF3N4O5S/c1-42(2,3)55-36(51)23-49-41(52)27-13-17-31(33(43)20-27)25-7-5-8-26(19-25)39-38(37-28(22-47)9-6-10-34(37)48-4)32-21-29(44)14-18-35(32)50(39)56(53,54)30-15-11-24(12-16-30)40(45)46/h5-21,40H,23H2,1-3H3,(H,49,52). The highest BCUT2D eigenvalue weighted by atomic mass is 35.5. The van der Waals surface area contributed by atoms with Crippen LogP contribution in [0.2, 0.25) is 5.02 Å². The highest BCUT2D eigenvalue weighted by molar-refractivity contribution is 7.90. The first-order valence-electron chi connectivity index (χ1n) is 16.8. The molecular formula is C42H30ClF3N4O5S. The Hall–Kier alpha value is -6.41. The van der Waals surface area contributed by atoms with E-state index in [1.807, 2.05) is 0 Å². The number of hydrogen-bond acceptors (Lipinski definition) is 6. The van der Waals surface area contributed by atoms with Crippen LogP contribution in [0, 0.1) is 23.7 Å². The molecule has 0 saturated carbocycles. The maximum absolute atomic E-state index is 15.1. The number of carbonyl (C=O) groups is 2. The highest BCUT2D eigenvalue weighted by Gasteiger charge is 2.31. The van der Waals surface area contributed by atoms with Gasteiger partial charge in [0.2, 0.25) is 0 Å². The fraction of sp³-hybridized carbons (Fsp3) is 0.143. The molecule has 0 aliphatic heterocycles. The monoisotopic (exact) mass is 794 g/mol. The first-order chi connectivity index (χ1) is 26.5. The van der Waals surface area contributed by atoms with Crippen molar-refractivity contribution < 1.29 is 35.9 Å². The molecule has 56 heavy (non-hydrogen) atoms. The molecule has 9 nitrogen and oxygen atoms in total. The summed E-state index contributed by atoms with van der Waals surface area (Å²) in [6.45, 7) is 12.7. The fourth-order valence-corrected chi connectivity index (χ4v) is 8.07. The van der Waals surface area contributed by atoms with Crippen molar-refractivity contribution >= 4 is 50.1 Å². The normalized spacial score (nSPS) is 11.6. The Morgan fingerprint density at radius 3 is 2.29 bits per heavy atom. The van der Waals surface area contributed by atoms with Crippen molar-refractivity contribution in [2.75, 3.05) is 6.54 Å². The zero-order valence-corrected chi connectivity index (χ0v) is 31.5. The molecule has 0 aliphatic rings. The summed E-state index contributed by atoms with van der Waals surface area (Å²) in [5.41, 5.74) is 0.203. The van der Waals surface area contributed by atoms with Crippen molar-refractivity contribution in [3.63, 3.8) is 0 Å². The lowest BCUT2D eigenvalue weighted by Gasteiger charge is -2.19. The quantitative estimate of drug-likeness (QED) is 0.115. The van der Waals surface area contributed by atoms with Gasteiger partial charge in [-0.05, 0) is 80.9 Å². The van der Waals surface area contributed by atoms with Crippen LogP contribution in [0.5, 0.6) is 0 Å². The summed E-state index contributed by atoms with van der Waals surface area (Å²) in [7, 11) is -4.66. The number of halogens is 4. The summed E-state index contributed by atoms with van der Waals surface area (Å²) in [6, 6.07) is 24.9. The van der Waals surface area contributed by atoms with Gasteiger partial charge < -0.3 is 10.1 Å². The van der Waals surface area contributed by atoms with E-state index in [1.165, 1.54) is 36.4 Å². The van der Waals surface area contributed by atoms with E-state index >= 15 is 4.39 Å². The van der Waals surface area contributed by atoms with E-state index in [0.717, 1.165) is 40.4 Å². The molecule has 282 valence electrons. The van der Waals surface area contributed by atoms with E-state index < -0.39 is 45.3 Å². The second-order valence-electron chi connectivity index (χ2n) is 13.5. The van der Waals surface area contributed by atoms with Crippen LogP contribution in [0.3, 0.4) is 0 Å². The molecule has 0 spiro atoms. The van der Waals surface area contributed by atoms with Gasteiger partial charge in [0.25, 0.3) is 22.4 Å². The number of rotatable bonds is 9. The third-order valence-corrected chi connectivity index (χ3v) is 10.6. The molecule has 0 aliphatic carbocycles. The minimum Gasteiger partial charge on any atom is -0.459 e. The fourth-order valence-electron chi connectivity index (χ4n) is 6.24. The molecule has 0 bridgehead atoms. The van der Waals surface area contributed by atoms with E-state index in [-0.39, 0.29) is 66.6 Å². The predicted octanol–water partition coefficient (Wildman–Crippen LogP) is 10.1. The van der Waals surface area contributed by atoms with Gasteiger partial charge in [-0.3, -0.25) is 9.59 Å². The minimum atomic E-state index is -4.66. The van der Waals surface area contributed by atoms with Crippen LogP contribution in [0.4, 0.5) is 18.9 Å². The first kappa shape index (κ1) is 39.3. The molecule has 1 aromatic heterocycles. The number of esters is 1. The lowest BCUT2D eigenvalue weighted by molar-refractivity contribution is -0.153. The summed E-state index contributed by atoms with van der Waals surface area (Å²) in [4.78, 5) is 28.3. The van der Waals surface area contributed by atoms with Crippen LogP contribution in [-0.4, -0.2) is 36.4 Å². The molecule has 6 rings (SSSR count). The number of hydrogen-bond donors (Lipinski definition) is 1. The van der Waals surface area contributed by atoms with Crippen LogP contribution in [0.1, 0.15) is 48.7 Å². The van der Waals surface area contributed by atoms with Crippen molar-refractivity contribution in [2.45, 2.75) is 37.7 Å². The number of ether oxygens (including phenoxy) is 1. The highest BCUT2D eigenvalue weighted by Crippen LogP contribution is 2.48. The van der Waals surface area contributed by atoms with Crippen LogP contribution in [0.25, 0.3) is 49.3 Å². The van der Waals surface area contributed by atoms with Crippen LogP contribution in [0.15, 0.2) is 108 Å². The lowest BCUT2D eigenvalue weighted by Crippen LogP contribution is -2.34. The summed E-state index contributed by atoms with van der Waals surface area (Å²) < 4.78 is 77.7. The topological polar surface area (TPSA) is 123 Å². The Morgan fingerprint density at radius 2 is 1.64 bits per heavy atom. The minimum absolute atomic E-state index is 0.00738. The molecule has 14 heteroatoms. The van der Waals surface area contributed by atoms with Gasteiger partial charge in [0.05, 0.1) is 28.7 Å². The zero-order chi connectivity index (χ0) is 40.5. The van der Waals surface area contributed by atoms with E-state index in [2.05, 4.69) is 16.2 Å². The van der Waals surface area contributed by atoms with Crippen molar-refractivity contribution in [3.05, 3.63) is 142 Å². The Morgan fingerprint density at radius 1 is 0.946 bits per heavy atom. The van der Waals surface area contributed by atoms with Crippen molar-refractivity contribution in [1.82, 2.24) is 9.29 Å². The van der Waals surface area contributed by atoms with Gasteiger partial charge in [-0.1, -0.05) is 60.1 Å². The molecule has 0 atom stereocenters. The molecule has 6 aromatic rings. The van der Waals surface area contributed by atoms with E-state index in [9.17, 15) is 32.0 Å². The van der Waals surface area contributed by atoms with Gasteiger partial charge in [0, 0.05) is 49.4 Å². The third-order valence-electron chi connectivity index (χ3n) is 8.58. The number of carbonyl (C=O) groups excluding carboxylic acids is 2. The molecule has 1 amide bonds. The summed E-state index contributed by atoms with van der Waals surface area (Å²) in [5, 5.41) is 12.9. The van der Waals surface area contributed by atoms with Crippen LogP contribution >= 0.6 is 11.6 Å². The maximum atomic E-state index is 15.1. The van der Waals surface area contributed by atoms with Crippen molar-refractivity contribution in [3.8, 4) is 39.6 Å². The Bertz CT molecular complexity index is 2710. The number of nitrogens with one attached hydrogen (secondary N) is 1. The number of nitrogens with zero attached hydrogens (tertiary/aromatic N) is 3. The van der Waals surface area contributed by atoms with Crippen molar-refractivity contribution in [2.24, 2.45) is 0 Å². The average molecular weight is 795 g/mol. The van der Waals surface area contributed by atoms with Crippen molar-refractivity contribution in [1.29, 1.82) is 5.26 Å². The lowest BCUT2D eigenvalue weighted by atomic mass is 9.92. The van der Waals surface area contributed by atoms with Gasteiger partial charge in [-0.25, -0.2) is 30.4 Å². The first-order valence-corrected chi connectivity index (χ1v) is 18.6. The summed E-state index contributed by atoms with van der Waals surface area (Å²) in [5.74, 6) is -1.94. The van der Waals surface area contributed by atoms with Crippen LogP contribution in [-0.2, 0) is 19.6 Å². The van der Waals surface area contributed by atoms with Crippen LogP contribution < -0.4 is 5.32 Å². The molecule has 0 fully saturated rings. The molecule has 0 unspecified atom stereocenters. The predicted molar refractivity (Wildman–Crippen MR) is 206 cm³/mol. The number of fused-ring (bicyclic) bond motifs is 1. The summed E-state index contributed by atoms with van der Waals surface area (Å²) in [6.07, 6.45) is -2.85. The van der Waals surface area contributed by atoms with Gasteiger partial charge in [-0.2, -0.15) is 5.26 Å². The molecule has 0 radical (unpaired) electrons. The van der Waals surface area contributed by atoms with Gasteiger partial charge in [0.1, 0.15) is 18.0 Å². The molecule has 1 N–H and O–H groups in total. The largest absolute Gasteiger partial charge is 0.459 e. The molecule has 0 saturated heterocycles. The van der Waals surface area contributed by atoms with Gasteiger partial charge >= 0.3 is 5.97 Å². The van der Waals surface area contributed by atoms with E-state index in [1.54, 1.807) is 51.1 Å². The molecular weight excluding hydrogens is 765 g/mol. The maximum Gasteiger partial charge on any atom is 0.325 e. The van der Waals surface area contributed by atoms with Gasteiger partial charge in [-0.15, -0.1) is 0 Å². The molecule has 5 aromatic carbocycles. The number of alkyl halides is 2. The Labute approximate surface area is 325 Å². The number of nitriles is 1. The SMILES string of the molecule is [C-]#[N+]c1cccc(C#N)c1-c1c(-c2cccc(-c3ccc(C(=O)NCC(=O)OC(C)(C)C)cc3Cl)c2)n(S(=O)(=O)c2ccc(C(F)F)cc2)c2ccc(F)cc12. The third kappa shape index (κ3) is 7.73. The Balaban J connectivity index is 1.57. The van der Waals surface area contributed by atoms with Gasteiger partial charge in [0.15, 0.2) is 5.69 Å². The number of aromatic nitrogens is 1. The Kier molecular flexibility index (Phi) is 10.8. The zero-order valence-electron chi connectivity index (χ0n) is 29.9. The number of benzene rings is 5. The van der Waals surface area contributed by atoms with E-state index in [0.29, 0.717) is 11.1 Å². The number of amides is 1. The second kappa shape index (κ2) is 15.4. The molecule has 1 heterocycles. The van der Waals surface area contributed by atoms with E-state index in [4.69, 9.17) is 22.9 Å². The second-order valence-corrected chi connectivity index (χ2v) is 15.7.